The van der Waals surface area contributed by atoms with Gasteiger partial charge in [-0.1, -0.05) is 6.58 Å². The molecule has 37 heavy (non-hydrogen) atoms. The number of nitrogens with one attached hydrogen (secondary N) is 1. The van der Waals surface area contributed by atoms with E-state index in [-0.39, 0.29) is 31.6 Å². The SMILES string of the molecule is C=C(C)C(=O)OCCNC(=O)Oc1c(I)cc(C(=O)Oc2c(F)c(F)c(S(=O)(=O)[O-])c(F)c2F)cc1I. The highest BCUT2D eigenvalue weighted by atomic mass is 127. The van der Waals surface area contributed by atoms with Gasteiger partial charge in [0.1, 0.15) is 21.6 Å². The van der Waals surface area contributed by atoms with Crippen molar-refractivity contribution in [2.24, 2.45) is 0 Å². The molecular weight excluding hydrogens is 760 g/mol. The second-order valence-corrected chi connectivity index (χ2v) is 10.4. The molecule has 1 amide bonds. The van der Waals surface area contributed by atoms with Crippen LogP contribution in [0.5, 0.6) is 11.5 Å². The van der Waals surface area contributed by atoms with Crippen molar-refractivity contribution < 1.29 is 59.1 Å². The van der Waals surface area contributed by atoms with Crippen molar-refractivity contribution in [1.29, 1.82) is 0 Å². The summed E-state index contributed by atoms with van der Waals surface area (Å²) in [7, 11) is -5.94. The molecule has 0 fully saturated rings. The van der Waals surface area contributed by atoms with Crippen LogP contribution in [-0.4, -0.2) is 44.2 Å². The zero-order valence-electron chi connectivity index (χ0n) is 18.1. The van der Waals surface area contributed by atoms with E-state index >= 15 is 0 Å². The predicted molar refractivity (Wildman–Crippen MR) is 131 cm³/mol. The summed E-state index contributed by atoms with van der Waals surface area (Å²) in [6.07, 6.45) is -0.957. The molecule has 0 bridgehead atoms. The Morgan fingerprint density at radius 3 is 1.95 bits per heavy atom. The standard InChI is InChI=1S/C20H13F4I2NO9S/c1-7(2)18(28)34-4-3-27-20(30)36-15-9(25)5-8(6-10(15)26)19(29)35-16-11(21)13(23)17(37(31,32)33)14(24)12(16)22/h5-6H,1,3-4H2,2H3,(H,27,30)(H,31,32,33)/p-1. The van der Waals surface area contributed by atoms with E-state index in [1.165, 1.54) is 6.92 Å². The van der Waals surface area contributed by atoms with Gasteiger partial charge in [-0.15, -0.1) is 0 Å². The van der Waals surface area contributed by atoms with Crippen LogP contribution in [0.25, 0.3) is 0 Å². The molecule has 0 aliphatic heterocycles. The van der Waals surface area contributed by atoms with Crippen LogP contribution in [-0.2, 0) is 19.6 Å². The topological polar surface area (TPSA) is 148 Å². The molecule has 200 valence electrons. The number of carbonyl (C=O) groups is 3. The fourth-order valence-corrected chi connectivity index (χ4v) is 4.98. The Bertz CT molecular complexity index is 1370. The molecule has 0 heterocycles. The highest BCUT2D eigenvalue weighted by molar-refractivity contribution is 14.1. The fraction of sp³-hybridized carbons (Fsp3) is 0.150. The summed E-state index contributed by atoms with van der Waals surface area (Å²) in [6, 6.07) is 2.09. The van der Waals surface area contributed by atoms with E-state index in [0.29, 0.717) is 0 Å². The molecular formula is C20H12F4I2NO9S-. The molecule has 1 N–H and O–H groups in total. The van der Waals surface area contributed by atoms with Crippen LogP contribution in [0.1, 0.15) is 17.3 Å². The van der Waals surface area contributed by atoms with Crippen molar-refractivity contribution in [2.75, 3.05) is 13.2 Å². The molecule has 0 unspecified atom stereocenters. The Hall–Kier alpha value is -2.52. The molecule has 0 saturated heterocycles. The van der Waals surface area contributed by atoms with Gasteiger partial charge in [-0.2, -0.15) is 8.78 Å². The van der Waals surface area contributed by atoms with E-state index in [1.807, 2.05) is 0 Å². The Morgan fingerprint density at radius 1 is 0.973 bits per heavy atom. The number of benzene rings is 2. The molecule has 0 aromatic heterocycles. The van der Waals surface area contributed by atoms with Gasteiger partial charge in [0, 0.05) is 5.57 Å². The highest BCUT2D eigenvalue weighted by Crippen LogP contribution is 2.34. The zero-order valence-corrected chi connectivity index (χ0v) is 23.3. The second-order valence-electron chi connectivity index (χ2n) is 6.76. The molecule has 2 aromatic rings. The third-order valence-corrected chi connectivity index (χ3v) is 6.47. The maximum Gasteiger partial charge on any atom is 0.412 e. The molecule has 17 heteroatoms. The summed E-state index contributed by atoms with van der Waals surface area (Å²) in [5, 5.41) is 2.30. The number of ether oxygens (including phenoxy) is 3. The number of esters is 2. The van der Waals surface area contributed by atoms with Gasteiger partial charge in [-0.05, 0) is 64.2 Å². The monoisotopic (exact) mass is 772 g/mol. The fourth-order valence-electron chi connectivity index (χ4n) is 2.38. The maximum atomic E-state index is 14.1. The molecule has 0 aliphatic carbocycles. The Balaban J connectivity index is 2.19. The summed E-state index contributed by atoms with van der Waals surface area (Å²) in [6.45, 7) is 4.55. The normalized spacial score (nSPS) is 11.0. The summed E-state index contributed by atoms with van der Waals surface area (Å²) in [5.41, 5.74) is -0.244. The summed E-state index contributed by atoms with van der Waals surface area (Å²) < 4.78 is 103. The highest BCUT2D eigenvalue weighted by Gasteiger charge is 2.31. The molecule has 0 aliphatic rings. The minimum atomic E-state index is -5.94. The first-order valence-corrected chi connectivity index (χ1v) is 12.9. The lowest BCUT2D eigenvalue weighted by molar-refractivity contribution is -0.138. The van der Waals surface area contributed by atoms with Gasteiger partial charge < -0.3 is 24.1 Å². The Labute approximate surface area is 233 Å². The van der Waals surface area contributed by atoms with Gasteiger partial charge in [0.25, 0.3) is 0 Å². The van der Waals surface area contributed by atoms with Gasteiger partial charge in [-0.25, -0.2) is 31.6 Å². The van der Waals surface area contributed by atoms with Crippen LogP contribution in [0.2, 0.25) is 0 Å². The molecule has 2 aromatic carbocycles. The minimum Gasteiger partial charge on any atom is -0.744 e. The van der Waals surface area contributed by atoms with Gasteiger partial charge in [0.2, 0.25) is 17.4 Å². The van der Waals surface area contributed by atoms with Crippen LogP contribution >= 0.6 is 45.2 Å². The van der Waals surface area contributed by atoms with Crippen LogP contribution in [0.3, 0.4) is 0 Å². The lowest BCUT2D eigenvalue weighted by atomic mass is 10.2. The van der Waals surface area contributed by atoms with E-state index in [9.17, 15) is 44.9 Å². The van der Waals surface area contributed by atoms with E-state index in [2.05, 4.69) is 16.6 Å². The predicted octanol–water partition coefficient (Wildman–Crippen LogP) is 3.78. The number of carbonyl (C=O) groups excluding carboxylic acids is 3. The summed E-state index contributed by atoms with van der Waals surface area (Å²) in [5.74, 6) is -14.1. The van der Waals surface area contributed by atoms with Crippen LogP contribution in [0.4, 0.5) is 22.4 Å². The van der Waals surface area contributed by atoms with Crippen molar-refractivity contribution in [1.82, 2.24) is 5.32 Å². The van der Waals surface area contributed by atoms with Gasteiger partial charge in [0.05, 0.1) is 19.2 Å². The molecule has 0 radical (unpaired) electrons. The number of hydrogen-bond donors (Lipinski definition) is 1. The molecule has 0 atom stereocenters. The van der Waals surface area contributed by atoms with E-state index in [0.717, 1.165) is 12.1 Å². The third-order valence-electron chi connectivity index (χ3n) is 4.01. The first-order valence-electron chi connectivity index (χ1n) is 9.37. The smallest absolute Gasteiger partial charge is 0.412 e. The summed E-state index contributed by atoms with van der Waals surface area (Å²) in [4.78, 5) is 33.2. The van der Waals surface area contributed by atoms with Crippen LogP contribution in [0.15, 0.2) is 29.2 Å². The number of hydrogen-bond acceptors (Lipinski definition) is 9. The third kappa shape index (κ3) is 7.51. The van der Waals surface area contributed by atoms with Crippen molar-refractivity contribution in [2.45, 2.75) is 11.8 Å². The number of rotatable bonds is 8. The largest absolute Gasteiger partial charge is 0.744 e. The lowest BCUT2D eigenvalue weighted by Crippen LogP contribution is -2.31. The average molecular weight is 772 g/mol. The van der Waals surface area contributed by atoms with Crippen LogP contribution < -0.4 is 14.8 Å². The van der Waals surface area contributed by atoms with Crippen molar-refractivity contribution >= 4 is 73.3 Å². The van der Waals surface area contributed by atoms with Gasteiger partial charge in [-0.3, -0.25) is 0 Å². The average Bonchev–Trinajstić information content (AvgIpc) is 2.79. The van der Waals surface area contributed by atoms with Gasteiger partial charge >= 0.3 is 18.0 Å². The number of amides is 1. The first-order chi connectivity index (χ1) is 17.1. The quantitative estimate of drug-likeness (QED) is 0.0619. The van der Waals surface area contributed by atoms with E-state index in [4.69, 9.17) is 9.47 Å². The summed E-state index contributed by atoms with van der Waals surface area (Å²) >= 11 is 3.28. The van der Waals surface area contributed by atoms with E-state index in [1.54, 1.807) is 45.2 Å². The zero-order chi connectivity index (χ0) is 28.2. The Morgan fingerprint density at radius 2 is 1.49 bits per heavy atom. The van der Waals surface area contributed by atoms with Crippen LogP contribution in [0, 0.1) is 30.4 Å². The lowest BCUT2D eigenvalue weighted by Gasteiger charge is -2.14. The van der Waals surface area contributed by atoms with E-state index < -0.39 is 67.6 Å². The minimum absolute atomic E-state index is 0.0476. The second kappa shape index (κ2) is 12.3. The molecule has 10 nitrogen and oxygen atoms in total. The number of halogens is 6. The van der Waals surface area contributed by atoms with Crippen molar-refractivity contribution in [3.8, 4) is 11.5 Å². The van der Waals surface area contributed by atoms with Crippen molar-refractivity contribution in [3.05, 3.63) is 60.3 Å². The van der Waals surface area contributed by atoms with Gasteiger partial charge in [0.15, 0.2) is 17.4 Å². The first kappa shape index (κ1) is 30.7. The maximum absolute atomic E-state index is 14.1. The van der Waals surface area contributed by atoms with Crippen molar-refractivity contribution in [3.63, 3.8) is 0 Å². The molecule has 2 rings (SSSR count). The Kier molecular flexibility index (Phi) is 10.2. The molecule has 0 spiro atoms. The molecule has 0 saturated carbocycles.